The van der Waals surface area contributed by atoms with E-state index >= 15 is 0 Å². The molecule has 1 unspecified atom stereocenters. The third kappa shape index (κ3) is 2.78. The fraction of sp³-hybridized carbons (Fsp3) is 0.500. The minimum atomic E-state index is -0.0497. The third-order valence-electron chi connectivity index (χ3n) is 4.43. The van der Waals surface area contributed by atoms with Crippen LogP contribution in [-0.2, 0) is 13.6 Å². The van der Waals surface area contributed by atoms with E-state index in [0.29, 0.717) is 11.7 Å². The lowest BCUT2D eigenvalue weighted by atomic mass is 9.99. The van der Waals surface area contributed by atoms with E-state index in [1.54, 1.807) is 13.2 Å². The van der Waals surface area contributed by atoms with Gasteiger partial charge in [-0.15, -0.1) is 0 Å². The number of rotatable bonds is 4. The van der Waals surface area contributed by atoms with Gasteiger partial charge in [0.25, 0.3) is 5.91 Å². The first-order valence-corrected chi connectivity index (χ1v) is 7.72. The molecule has 2 aromatic heterocycles. The number of amides is 1. The van der Waals surface area contributed by atoms with Gasteiger partial charge in [0.2, 0.25) is 0 Å². The Morgan fingerprint density at radius 3 is 3.00 bits per heavy atom. The summed E-state index contributed by atoms with van der Waals surface area (Å²) in [6.07, 6.45) is 5.18. The number of piperidine rings is 1. The zero-order valence-electron chi connectivity index (χ0n) is 13.1. The van der Waals surface area contributed by atoms with Crippen molar-refractivity contribution in [2.75, 3.05) is 13.6 Å². The number of hydrogen-bond donors (Lipinski definition) is 1. The largest absolute Gasteiger partial charge is 0.360 e. The molecule has 6 heteroatoms. The van der Waals surface area contributed by atoms with Crippen LogP contribution < -0.4 is 5.32 Å². The Morgan fingerprint density at radius 1 is 1.41 bits per heavy atom. The van der Waals surface area contributed by atoms with Gasteiger partial charge in [-0.1, -0.05) is 11.6 Å². The molecule has 3 heterocycles. The molecule has 1 N–H and O–H groups in total. The van der Waals surface area contributed by atoms with Gasteiger partial charge in [-0.05, 0) is 31.5 Å². The minimum Gasteiger partial charge on any atom is -0.360 e. The number of nitrogens with one attached hydrogen (secondary N) is 1. The Kier molecular flexibility index (Phi) is 4.29. The molecular formula is C16H22N4O2. The predicted octanol–water partition coefficient (Wildman–Crippen LogP) is 2.10. The molecule has 1 atom stereocenters. The van der Waals surface area contributed by atoms with Gasteiger partial charge in [-0.3, -0.25) is 9.69 Å². The molecule has 22 heavy (non-hydrogen) atoms. The van der Waals surface area contributed by atoms with E-state index < -0.39 is 0 Å². The number of hydrogen-bond acceptors (Lipinski definition) is 4. The molecule has 1 saturated heterocycles. The molecule has 1 fully saturated rings. The molecule has 1 aliphatic heterocycles. The van der Waals surface area contributed by atoms with Crippen LogP contribution in [0.25, 0.3) is 0 Å². The van der Waals surface area contributed by atoms with Crippen molar-refractivity contribution in [3.63, 3.8) is 0 Å². The van der Waals surface area contributed by atoms with Crippen LogP contribution in [0.4, 0.5) is 0 Å². The van der Waals surface area contributed by atoms with Crippen molar-refractivity contribution in [3.8, 4) is 0 Å². The first-order valence-electron chi connectivity index (χ1n) is 7.72. The van der Waals surface area contributed by atoms with Crippen LogP contribution in [0.2, 0.25) is 0 Å². The molecular weight excluding hydrogens is 280 g/mol. The third-order valence-corrected chi connectivity index (χ3v) is 4.43. The van der Waals surface area contributed by atoms with Crippen molar-refractivity contribution in [1.29, 1.82) is 0 Å². The fourth-order valence-electron chi connectivity index (χ4n) is 3.26. The highest BCUT2D eigenvalue weighted by atomic mass is 16.5. The Labute approximate surface area is 130 Å². The van der Waals surface area contributed by atoms with Gasteiger partial charge in [0.15, 0.2) is 5.76 Å². The highest BCUT2D eigenvalue weighted by Gasteiger charge is 2.27. The van der Waals surface area contributed by atoms with Crippen LogP contribution in [0.5, 0.6) is 0 Å². The molecule has 0 radical (unpaired) electrons. The van der Waals surface area contributed by atoms with E-state index in [4.69, 9.17) is 4.52 Å². The van der Waals surface area contributed by atoms with Crippen molar-refractivity contribution >= 4 is 5.91 Å². The molecule has 118 valence electrons. The maximum Gasteiger partial charge on any atom is 0.267 e. The number of carbonyl (C=O) groups excluding carboxylic acids is 1. The van der Waals surface area contributed by atoms with Gasteiger partial charge in [0, 0.05) is 25.9 Å². The summed E-state index contributed by atoms with van der Waals surface area (Å²) in [7, 11) is 3.62. The van der Waals surface area contributed by atoms with Crippen LogP contribution in [0.15, 0.2) is 28.9 Å². The van der Waals surface area contributed by atoms with Gasteiger partial charge in [0.1, 0.15) is 5.69 Å². The SMILES string of the molecule is CNC(=O)c1ccc(C2CCCCN2Cc2ccno2)n1C. The monoisotopic (exact) mass is 302 g/mol. The molecule has 0 saturated carbocycles. The Hall–Kier alpha value is -2.08. The summed E-state index contributed by atoms with van der Waals surface area (Å²) in [5.41, 5.74) is 1.88. The summed E-state index contributed by atoms with van der Waals surface area (Å²) in [5, 5.41) is 6.47. The second-order valence-electron chi connectivity index (χ2n) is 5.74. The maximum atomic E-state index is 11.9. The molecule has 1 aliphatic rings. The van der Waals surface area contributed by atoms with Crippen molar-refractivity contribution in [2.24, 2.45) is 7.05 Å². The van der Waals surface area contributed by atoms with Gasteiger partial charge in [0.05, 0.1) is 18.8 Å². The Bertz CT molecular complexity index is 633. The number of carbonyl (C=O) groups is 1. The van der Waals surface area contributed by atoms with Gasteiger partial charge < -0.3 is 14.4 Å². The minimum absolute atomic E-state index is 0.0497. The molecule has 0 spiro atoms. The van der Waals surface area contributed by atoms with Crippen LogP contribution >= 0.6 is 0 Å². The second-order valence-corrected chi connectivity index (χ2v) is 5.74. The Morgan fingerprint density at radius 2 is 2.27 bits per heavy atom. The summed E-state index contributed by atoms with van der Waals surface area (Å²) in [5.74, 6) is 0.832. The lowest BCUT2D eigenvalue weighted by Gasteiger charge is -2.35. The molecule has 0 bridgehead atoms. The average molecular weight is 302 g/mol. The summed E-state index contributed by atoms with van der Waals surface area (Å²) in [6.45, 7) is 1.79. The van der Waals surface area contributed by atoms with E-state index in [1.165, 1.54) is 18.5 Å². The van der Waals surface area contributed by atoms with E-state index in [-0.39, 0.29) is 5.91 Å². The zero-order chi connectivity index (χ0) is 15.5. The molecule has 1 amide bonds. The van der Waals surface area contributed by atoms with Crippen molar-refractivity contribution in [1.82, 2.24) is 19.9 Å². The highest BCUT2D eigenvalue weighted by Crippen LogP contribution is 2.32. The number of aromatic nitrogens is 2. The average Bonchev–Trinajstić information content (AvgIpc) is 3.17. The van der Waals surface area contributed by atoms with Crippen LogP contribution in [0.1, 0.15) is 47.2 Å². The van der Waals surface area contributed by atoms with E-state index in [0.717, 1.165) is 25.3 Å². The first kappa shape index (κ1) is 14.8. The maximum absolute atomic E-state index is 11.9. The fourth-order valence-corrected chi connectivity index (χ4v) is 3.26. The van der Waals surface area contributed by atoms with E-state index in [1.807, 2.05) is 23.7 Å². The summed E-state index contributed by atoms with van der Waals surface area (Å²) >= 11 is 0. The topological polar surface area (TPSA) is 63.3 Å². The van der Waals surface area contributed by atoms with E-state index in [9.17, 15) is 4.79 Å². The van der Waals surface area contributed by atoms with Crippen LogP contribution in [0, 0.1) is 0 Å². The normalized spacial score (nSPS) is 19.3. The van der Waals surface area contributed by atoms with Crippen molar-refractivity contribution in [2.45, 2.75) is 31.8 Å². The summed E-state index contributed by atoms with van der Waals surface area (Å²) in [6, 6.07) is 6.18. The zero-order valence-corrected chi connectivity index (χ0v) is 13.1. The predicted molar refractivity (Wildman–Crippen MR) is 82.3 cm³/mol. The molecule has 0 aromatic carbocycles. The smallest absolute Gasteiger partial charge is 0.267 e. The van der Waals surface area contributed by atoms with Crippen LogP contribution in [-0.4, -0.2) is 34.1 Å². The second kappa shape index (κ2) is 6.36. The van der Waals surface area contributed by atoms with Crippen molar-refractivity contribution in [3.05, 3.63) is 41.5 Å². The molecule has 2 aromatic rings. The highest BCUT2D eigenvalue weighted by molar-refractivity contribution is 5.92. The molecule has 6 nitrogen and oxygen atoms in total. The molecule has 3 rings (SSSR count). The number of likely N-dealkylation sites (tertiary alicyclic amines) is 1. The lowest BCUT2D eigenvalue weighted by molar-refractivity contribution is 0.0951. The first-order chi connectivity index (χ1) is 10.7. The summed E-state index contributed by atoms with van der Waals surface area (Å²) < 4.78 is 7.25. The van der Waals surface area contributed by atoms with Crippen LogP contribution in [0.3, 0.4) is 0 Å². The van der Waals surface area contributed by atoms with Gasteiger partial charge in [-0.2, -0.15) is 0 Å². The lowest BCUT2D eigenvalue weighted by Crippen LogP contribution is -2.34. The van der Waals surface area contributed by atoms with Gasteiger partial charge in [-0.25, -0.2) is 0 Å². The van der Waals surface area contributed by atoms with Gasteiger partial charge >= 0.3 is 0 Å². The number of nitrogens with zero attached hydrogens (tertiary/aromatic N) is 3. The van der Waals surface area contributed by atoms with E-state index in [2.05, 4.69) is 21.4 Å². The quantitative estimate of drug-likeness (QED) is 0.939. The molecule has 0 aliphatic carbocycles. The summed E-state index contributed by atoms with van der Waals surface area (Å²) in [4.78, 5) is 14.3. The Balaban J connectivity index is 1.84. The standard InChI is InChI=1S/C16H22N4O2/c1-17-16(21)15-7-6-13(19(15)2)14-5-3-4-10-20(14)11-12-8-9-18-22-12/h6-9,14H,3-5,10-11H2,1-2H3,(H,17,21). The van der Waals surface area contributed by atoms with Crippen molar-refractivity contribution < 1.29 is 9.32 Å².